The Morgan fingerprint density at radius 2 is 1.78 bits per heavy atom. The largest absolute Gasteiger partial charge is 0.338 e. The number of piperazine rings is 1. The minimum absolute atomic E-state index is 0.0235. The quantitative estimate of drug-likeness (QED) is 0.660. The molecule has 1 atom stereocenters. The van der Waals surface area contributed by atoms with Crippen molar-refractivity contribution in [1.29, 1.82) is 0 Å². The van der Waals surface area contributed by atoms with E-state index in [1.54, 1.807) is 4.90 Å². The van der Waals surface area contributed by atoms with Crippen molar-refractivity contribution in [3.05, 3.63) is 42.2 Å². The van der Waals surface area contributed by atoms with Gasteiger partial charge in [-0.2, -0.15) is 4.31 Å². The average Bonchev–Trinajstić information content (AvgIpc) is 2.65. The highest BCUT2D eigenvalue weighted by Gasteiger charge is 2.32. The summed E-state index contributed by atoms with van der Waals surface area (Å²) < 4.78 is 39.8. The molecule has 1 unspecified atom stereocenters. The molecule has 8 heteroatoms. The van der Waals surface area contributed by atoms with Crippen LogP contribution in [0.2, 0.25) is 0 Å². The molecule has 1 saturated heterocycles. The van der Waals surface area contributed by atoms with E-state index in [0.717, 1.165) is 17.7 Å². The van der Waals surface area contributed by atoms with E-state index in [-0.39, 0.29) is 16.8 Å². The molecule has 6 nitrogen and oxygen atoms in total. The van der Waals surface area contributed by atoms with Crippen molar-refractivity contribution >= 4 is 15.9 Å². The molecule has 1 heterocycles. The SMILES string of the molecule is C=C(C)CN(CC)C(=O)C(C)N1CCN(S(=O)(=O)c2ccc(F)cc2)CC1. The third-order valence-corrected chi connectivity index (χ3v) is 6.70. The maximum Gasteiger partial charge on any atom is 0.243 e. The molecule has 2 rings (SSSR count). The number of sulfonamides is 1. The maximum absolute atomic E-state index is 13.0. The van der Waals surface area contributed by atoms with Crippen LogP contribution in [-0.2, 0) is 14.8 Å². The first-order valence-electron chi connectivity index (χ1n) is 9.09. The van der Waals surface area contributed by atoms with Crippen molar-refractivity contribution in [3.8, 4) is 0 Å². The van der Waals surface area contributed by atoms with E-state index in [1.165, 1.54) is 16.4 Å². The van der Waals surface area contributed by atoms with Gasteiger partial charge in [-0.25, -0.2) is 12.8 Å². The van der Waals surface area contributed by atoms with E-state index >= 15 is 0 Å². The Morgan fingerprint density at radius 3 is 2.26 bits per heavy atom. The predicted molar refractivity (Wildman–Crippen MR) is 103 cm³/mol. The van der Waals surface area contributed by atoms with Gasteiger partial charge in [0.25, 0.3) is 0 Å². The summed E-state index contributed by atoms with van der Waals surface area (Å²) >= 11 is 0. The van der Waals surface area contributed by atoms with Gasteiger partial charge in [0.2, 0.25) is 15.9 Å². The number of benzene rings is 1. The highest BCUT2D eigenvalue weighted by molar-refractivity contribution is 7.89. The van der Waals surface area contributed by atoms with Gasteiger partial charge in [-0.3, -0.25) is 9.69 Å². The molecule has 1 aromatic carbocycles. The van der Waals surface area contributed by atoms with Crippen molar-refractivity contribution in [3.63, 3.8) is 0 Å². The Hall–Kier alpha value is -1.77. The maximum atomic E-state index is 13.0. The molecule has 0 bridgehead atoms. The van der Waals surface area contributed by atoms with Gasteiger partial charge in [0.1, 0.15) is 5.82 Å². The number of rotatable bonds is 7. The molecular weight excluding hydrogens is 369 g/mol. The summed E-state index contributed by atoms with van der Waals surface area (Å²) in [5.74, 6) is -0.448. The van der Waals surface area contributed by atoms with E-state index in [1.807, 2.05) is 25.7 Å². The normalized spacial score (nSPS) is 17.5. The molecule has 0 aromatic heterocycles. The minimum Gasteiger partial charge on any atom is -0.338 e. The van der Waals surface area contributed by atoms with Crippen LogP contribution < -0.4 is 0 Å². The molecule has 1 aliphatic rings. The zero-order valence-electron chi connectivity index (χ0n) is 16.2. The van der Waals surface area contributed by atoms with Crippen LogP contribution in [-0.4, -0.2) is 73.7 Å². The molecule has 27 heavy (non-hydrogen) atoms. The minimum atomic E-state index is -3.65. The van der Waals surface area contributed by atoms with Crippen LogP contribution in [0.5, 0.6) is 0 Å². The first-order valence-corrected chi connectivity index (χ1v) is 10.5. The van der Waals surface area contributed by atoms with Gasteiger partial charge >= 0.3 is 0 Å². The first-order chi connectivity index (χ1) is 12.7. The molecule has 0 aliphatic carbocycles. The zero-order valence-corrected chi connectivity index (χ0v) is 17.0. The number of hydrogen-bond donors (Lipinski definition) is 0. The molecule has 150 valence electrons. The van der Waals surface area contributed by atoms with E-state index in [2.05, 4.69) is 6.58 Å². The van der Waals surface area contributed by atoms with Crippen LogP contribution in [0.25, 0.3) is 0 Å². The van der Waals surface area contributed by atoms with Crippen molar-refractivity contribution in [2.24, 2.45) is 0 Å². The molecular formula is C19H28FN3O3S. The van der Waals surface area contributed by atoms with Crippen LogP contribution in [0.15, 0.2) is 41.3 Å². The smallest absolute Gasteiger partial charge is 0.243 e. The van der Waals surface area contributed by atoms with Gasteiger partial charge in [-0.15, -0.1) is 0 Å². The Labute approximate surface area is 161 Å². The van der Waals surface area contributed by atoms with E-state index in [0.29, 0.717) is 39.3 Å². The van der Waals surface area contributed by atoms with E-state index in [4.69, 9.17) is 0 Å². The van der Waals surface area contributed by atoms with Crippen LogP contribution >= 0.6 is 0 Å². The summed E-state index contributed by atoms with van der Waals surface area (Å²) in [7, 11) is -3.65. The fourth-order valence-corrected chi connectivity index (χ4v) is 4.60. The highest BCUT2D eigenvalue weighted by atomic mass is 32.2. The van der Waals surface area contributed by atoms with Crippen LogP contribution in [0.1, 0.15) is 20.8 Å². The summed E-state index contributed by atoms with van der Waals surface area (Å²) in [5, 5.41) is 0. The van der Waals surface area contributed by atoms with Gasteiger partial charge in [0.05, 0.1) is 10.9 Å². The fraction of sp³-hybridized carbons (Fsp3) is 0.526. The molecule has 0 N–H and O–H groups in total. The summed E-state index contributed by atoms with van der Waals surface area (Å²) in [4.78, 5) is 16.6. The first kappa shape index (κ1) is 21.5. The van der Waals surface area contributed by atoms with E-state index in [9.17, 15) is 17.6 Å². The molecule has 1 aromatic rings. The summed E-state index contributed by atoms with van der Waals surface area (Å²) in [6.45, 7) is 12.2. The number of carbonyl (C=O) groups is 1. The summed E-state index contributed by atoms with van der Waals surface area (Å²) in [6, 6.07) is 4.52. The van der Waals surface area contributed by atoms with Crippen LogP contribution in [0.3, 0.4) is 0 Å². The van der Waals surface area contributed by atoms with Crippen molar-refractivity contribution < 1.29 is 17.6 Å². The third-order valence-electron chi connectivity index (χ3n) is 4.78. The second kappa shape index (κ2) is 8.95. The number of amides is 1. The summed E-state index contributed by atoms with van der Waals surface area (Å²) in [6.07, 6.45) is 0. The lowest BCUT2D eigenvalue weighted by Crippen LogP contribution is -2.55. The number of hydrogen-bond acceptors (Lipinski definition) is 4. The third kappa shape index (κ3) is 5.15. The second-order valence-electron chi connectivity index (χ2n) is 6.88. The number of halogens is 1. The number of carbonyl (C=O) groups excluding carboxylic acids is 1. The average molecular weight is 398 g/mol. The topological polar surface area (TPSA) is 60.9 Å². The van der Waals surface area contributed by atoms with Gasteiger partial charge in [-0.1, -0.05) is 12.2 Å². The van der Waals surface area contributed by atoms with E-state index < -0.39 is 15.8 Å². The van der Waals surface area contributed by atoms with Crippen molar-refractivity contribution in [1.82, 2.24) is 14.1 Å². The molecule has 1 aliphatic heterocycles. The van der Waals surface area contributed by atoms with Gasteiger partial charge in [0.15, 0.2) is 0 Å². The zero-order chi connectivity index (χ0) is 20.2. The number of nitrogens with zero attached hydrogens (tertiary/aromatic N) is 3. The Morgan fingerprint density at radius 1 is 1.22 bits per heavy atom. The van der Waals surface area contributed by atoms with Crippen LogP contribution in [0.4, 0.5) is 4.39 Å². The Kier molecular flexibility index (Phi) is 7.13. The molecule has 0 spiro atoms. The van der Waals surface area contributed by atoms with Crippen molar-refractivity contribution in [2.45, 2.75) is 31.7 Å². The molecule has 0 saturated carbocycles. The highest BCUT2D eigenvalue weighted by Crippen LogP contribution is 2.19. The lowest BCUT2D eigenvalue weighted by atomic mass is 10.2. The Balaban J connectivity index is 2.00. The van der Waals surface area contributed by atoms with Gasteiger partial charge in [-0.05, 0) is 45.0 Å². The molecule has 1 amide bonds. The number of likely N-dealkylation sites (N-methyl/N-ethyl adjacent to an activating group) is 1. The molecule has 1 fully saturated rings. The predicted octanol–water partition coefficient (Wildman–Crippen LogP) is 1.95. The lowest BCUT2D eigenvalue weighted by Gasteiger charge is -2.38. The van der Waals surface area contributed by atoms with Crippen molar-refractivity contribution in [2.75, 3.05) is 39.3 Å². The van der Waals surface area contributed by atoms with Crippen LogP contribution in [0, 0.1) is 5.82 Å². The second-order valence-corrected chi connectivity index (χ2v) is 8.82. The molecule has 0 radical (unpaired) electrons. The standard InChI is InChI=1S/C19H28FN3O3S/c1-5-21(14-15(2)3)19(24)16(4)22-10-12-23(13-11-22)27(25,26)18-8-6-17(20)7-9-18/h6-9,16H,2,5,10-14H2,1,3-4H3. The fourth-order valence-electron chi connectivity index (χ4n) is 3.18. The monoisotopic (exact) mass is 397 g/mol. The lowest BCUT2D eigenvalue weighted by molar-refractivity contribution is -0.136. The Bertz CT molecular complexity index is 772. The summed E-state index contributed by atoms with van der Waals surface area (Å²) in [5.41, 5.74) is 0.924. The van der Waals surface area contributed by atoms with Gasteiger partial charge < -0.3 is 4.90 Å². The van der Waals surface area contributed by atoms with Gasteiger partial charge in [0, 0.05) is 39.3 Å².